The SMILES string of the molecule is O=S(=O)(c1ccc(Cl)cc1)N(Cc1ccc(-c2ncco2)cc1)[C@@H]1CCCCC[C@H]1CO. The normalized spacial score (nSPS) is 19.7. The van der Waals surface area contributed by atoms with Gasteiger partial charge in [0, 0.05) is 29.8 Å². The van der Waals surface area contributed by atoms with Crippen molar-refractivity contribution in [1.29, 1.82) is 0 Å². The molecule has 8 heteroatoms. The summed E-state index contributed by atoms with van der Waals surface area (Å²) in [6.45, 7) is 0.193. The number of nitrogens with zero attached hydrogens (tertiary/aromatic N) is 2. The molecular weight excluding hydrogens is 448 g/mol. The third kappa shape index (κ3) is 5.07. The molecule has 1 aliphatic rings. The highest BCUT2D eigenvalue weighted by atomic mass is 35.5. The van der Waals surface area contributed by atoms with E-state index >= 15 is 0 Å². The monoisotopic (exact) mass is 474 g/mol. The number of aromatic nitrogens is 1. The maximum atomic E-state index is 13.8. The van der Waals surface area contributed by atoms with Crippen molar-refractivity contribution in [3.8, 4) is 11.5 Å². The molecule has 0 aliphatic heterocycles. The van der Waals surface area contributed by atoms with E-state index in [9.17, 15) is 13.5 Å². The van der Waals surface area contributed by atoms with E-state index in [2.05, 4.69) is 4.98 Å². The van der Waals surface area contributed by atoms with E-state index in [0.717, 1.165) is 43.2 Å². The Morgan fingerprint density at radius 1 is 1.03 bits per heavy atom. The second-order valence-corrected chi connectivity index (χ2v) is 10.5. The summed E-state index contributed by atoms with van der Waals surface area (Å²) in [6.07, 6.45) is 7.64. The second-order valence-electron chi connectivity index (χ2n) is 8.19. The number of hydrogen-bond donors (Lipinski definition) is 1. The summed E-state index contributed by atoms with van der Waals surface area (Å²) in [5.74, 6) is 0.428. The Morgan fingerprint density at radius 2 is 1.75 bits per heavy atom. The lowest BCUT2D eigenvalue weighted by molar-refractivity contribution is 0.139. The molecule has 0 spiro atoms. The topological polar surface area (TPSA) is 83.6 Å². The van der Waals surface area contributed by atoms with Crippen LogP contribution in [0.15, 0.2) is 70.3 Å². The minimum atomic E-state index is -3.80. The predicted octanol–water partition coefficient (Wildman–Crippen LogP) is 5.13. The first-order valence-corrected chi connectivity index (χ1v) is 12.7. The van der Waals surface area contributed by atoms with Gasteiger partial charge in [0.1, 0.15) is 6.26 Å². The fraction of sp³-hybridized carbons (Fsp3) is 0.375. The van der Waals surface area contributed by atoms with Crippen LogP contribution in [-0.2, 0) is 16.6 Å². The van der Waals surface area contributed by atoms with Gasteiger partial charge in [-0.2, -0.15) is 4.31 Å². The molecule has 1 N–H and O–H groups in total. The highest BCUT2D eigenvalue weighted by Crippen LogP contribution is 2.33. The molecule has 2 atom stereocenters. The van der Waals surface area contributed by atoms with Crippen LogP contribution >= 0.6 is 11.6 Å². The lowest BCUT2D eigenvalue weighted by Gasteiger charge is -2.35. The highest BCUT2D eigenvalue weighted by molar-refractivity contribution is 7.89. The van der Waals surface area contributed by atoms with Crippen molar-refractivity contribution in [2.75, 3.05) is 6.61 Å². The molecule has 170 valence electrons. The number of benzene rings is 2. The first-order chi connectivity index (χ1) is 15.5. The highest BCUT2D eigenvalue weighted by Gasteiger charge is 2.36. The Balaban J connectivity index is 1.69. The summed E-state index contributed by atoms with van der Waals surface area (Å²) in [6, 6.07) is 13.6. The van der Waals surface area contributed by atoms with Crippen molar-refractivity contribution in [2.24, 2.45) is 5.92 Å². The van der Waals surface area contributed by atoms with E-state index in [1.165, 1.54) is 6.26 Å². The fourth-order valence-electron chi connectivity index (χ4n) is 4.38. The van der Waals surface area contributed by atoms with Crippen LogP contribution in [0.3, 0.4) is 0 Å². The van der Waals surface area contributed by atoms with E-state index in [4.69, 9.17) is 16.0 Å². The lowest BCUT2D eigenvalue weighted by atomic mass is 9.95. The zero-order valence-corrected chi connectivity index (χ0v) is 19.3. The number of aliphatic hydroxyl groups excluding tert-OH is 1. The number of halogens is 1. The van der Waals surface area contributed by atoms with Gasteiger partial charge in [-0.15, -0.1) is 0 Å². The van der Waals surface area contributed by atoms with Crippen LogP contribution in [0, 0.1) is 5.92 Å². The molecule has 1 fully saturated rings. The molecule has 3 aromatic rings. The van der Waals surface area contributed by atoms with Gasteiger partial charge in [-0.05, 0) is 60.7 Å². The van der Waals surface area contributed by atoms with Gasteiger partial charge in [0.2, 0.25) is 15.9 Å². The van der Waals surface area contributed by atoms with Crippen molar-refractivity contribution in [3.05, 3.63) is 71.6 Å². The first-order valence-electron chi connectivity index (χ1n) is 10.9. The average molecular weight is 475 g/mol. The summed E-state index contributed by atoms with van der Waals surface area (Å²) in [5.41, 5.74) is 1.69. The summed E-state index contributed by atoms with van der Waals surface area (Å²) in [5, 5.41) is 10.5. The standard InChI is InChI=1S/C24H27ClN2O4S/c25-21-10-12-22(13-11-21)32(29,30)27(23-5-3-1-2-4-20(23)17-28)16-18-6-8-19(9-7-18)24-26-14-15-31-24/h6-15,20,23,28H,1-5,16-17H2/t20-,23+/m0/s1. The third-order valence-corrected chi connectivity index (χ3v) is 8.25. The Bertz CT molecular complexity index is 1100. The Labute approximate surface area is 193 Å². The van der Waals surface area contributed by atoms with E-state index < -0.39 is 10.0 Å². The van der Waals surface area contributed by atoms with Gasteiger partial charge in [0.15, 0.2) is 0 Å². The number of oxazole rings is 1. The average Bonchev–Trinajstić information content (AvgIpc) is 3.24. The van der Waals surface area contributed by atoms with Crippen LogP contribution in [-0.4, -0.2) is 35.5 Å². The zero-order chi connectivity index (χ0) is 22.6. The molecule has 1 aromatic heterocycles. The van der Waals surface area contributed by atoms with E-state index in [1.807, 2.05) is 24.3 Å². The van der Waals surface area contributed by atoms with Crippen molar-refractivity contribution < 1.29 is 17.9 Å². The van der Waals surface area contributed by atoms with Crippen LogP contribution in [0.5, 0.6) is 0 Å². The van der Waals surface area contributed by atoms with Crippen LogP contribution in [0.1, 0.15) is 37.7 Å². The Kier molecular flexibility index (Phi) is 7.30. The van der Waals surface area contributed by atoms with E-state index in [1.54, 1.807) is 34.8 Å². The van der Waals surface area contributed by atoms with Crippen LogP contribution in [0.4, 0.5) is 0 Å². The van der Waals surface area contributed by atoms with Gasteiger partial charge in [-0.1, -0.05) is 43.0 Å². The van der Waals surface area contributed by atoms with E-state index in [-0.39, 0.29) is 30.0 Å². The quantitative estimate of drug-likeness (QED) is 0.480. The smallest absolute Gasteiger partial charge is 0.243 e. The maximum Gasteiger partial charge on any atom is 0.243 e. The summed E-state index contributed by atoms with van der Waals surface area (Å²) >= 11 is 5.99. The molecule has 0 radical (unpaired) electrons. The number of rotatable bonds is 7. The molecular formula is C24H27ClN2O4S. The molecule has 1 aliphatic carbocycles. The molecule has 0 unspecified atom stereocenters. The van der Waals surface area contributed by atoms with Crippen LogP contribution in [0.2, 0.25) is 5.02 Å². The van der Waals surface area contributed by atoms with Crippen molar-refractivity contribution in [3.63, 3.8) is 0 Å². The molecule has 1 saturated carbocycles. The van der Waals surface area contributed by atoms with Crippen molar-refractivity contribution in [2.45, 2.75) is 49.6 Å². The summed E-state index contributed by atoms with van der Waals surface area (Å²) < 4.78 is 34.4. The van der Waals surface area contributed by atoms with Crippen LogP contribution in [0.25, 0.3) is 11.5 Å². The lowest BCUT2D eigenvalue weighted by Crippen LogP contribution is -2.44. The van der Waals surface area contributed by atoms with Gasteiger partial charge in [0.05, 0.1) is 11.1 Å². The zero-order valence-electron chi connectivity index (χ0n) is 17.7. The molecule has 4 rings (SSSR count). The van der Waals surface area contributed by atoms with Crippen molar-refractivity contribution in [1.82, 2.24) is 9.29 Å². The predicted molar refractivity (Wildman–Crippen MR) is 124 cm³/mol. The molecule has 0 amide bonds. The molecule has 0 saturated heterocycles. The molecule has 2 aromatic carbocycles. The van der Waals surface area contributed by atoms with Gasteiger partial charge in [-0.25, -0.2) is 13.4 Å². The van der Waals surface area contributed by atoms with Crippen molar-refractivity contribution >= 4 is 21.6 Å². The largest absolute Gasteiger partial charge is 0.445 e. The minimum absolute atomic E-state index is 0.0274. The number of sulfonamides is 1. The van der Waals surface area contributed by atoms with Gasteiger partial charge < -0.3 is 9.52 Å². The number of aliphatic hydroxyl groups is 1. The Morgan fingerprint density at radius 3 is 2.41 bits per heavy atom. The molecule has 1 heterocycles. The number of hydrogen-bond acceptors (Lipinski definition) is 5. The first kappa shape index (κ1) is 23.0. The van der Waals surface area contributed by atoms with Crippen LogP contribution < -0.4 is 0 Å². The Hall–Kier alpha value is -2.19. The van der Waals surface area contributed by atoms with Gasteiger partial charge >= 0.3 is 0 Å². The summed E-state index contributed by atoms with van der Waals surface area (Å²) in [7, 11) is -3.80. The summed E-state index contributed by atoms with van der Waals surface area (Å²) in [4.78, 5) is 4.36. The third-order valence-electron chi connectivity index (χ3n) is 6.12. The molecule has 6 nitrogen and oxygen atoms in total. The molecule has 32 heavy (non-hydrogen) atoms. The van der Waals surface area contributed by atoms with Gasteiger partial charge in [0.25, 0.3) is 0 Å². The maximum absolute atomic E-state index is 13.8. The molecule has 0 bridgehead atoms. The van der Waals surface area contributed by atoms with Gasteiger partial charge in [-0.3, -0.25) is 0 Å². The fourth-order valence-corrected chi connectivity index (χ4v) is 6.21. The van der Waals surface area contributed by atoms with E-state index in [0.29, 0.717) is 10.9 Å². The second kappa shape index (κ2) is 10.2. The minimum Gasteiger partial charge on any atom is -0.445 e.